The molecule has 0 saturated carbocycles. The number of imide groups is 1. The van der Waals surface area contributed by atoms with Crippen LogP contribution in [0.2, 0.25) is 0 Å². The van der Waals surface area contributed by atoms with Gasteiger partial charge in [-0.3, -0.25) is 38.5 Å². The van der Waals surface area contributed by atoms with Gasteiger partial charge in [0, 0.05) is 31.5 Å². The van der Waals surface area contributed by atoms with Crippen molar-refractivity contribution in [2.45, 2.75) is 71.0 Å². The molecule has 0 aliphatic carbocycles. The quantitative estimate of drug-likeness (QED) is 0.0897. The van der Waals surface area contributed by atoms with Gasteiger partial charge in [-0.2, -0.15) is 0 Å². The zero-order valence-corrected chi connectivity index (χ0v) is 22.0. The molecule has 5 N–H and O–H groups in total. The average Bonchev–Trinajstić information content (AvgIpc) is 3.15. The van der Waals surface area contributed by atoms with E-state index in [4.69, 9.17) is 5.11 Å². The summed E-state index contributed by atoms with van der Waals surface area (Å²) >= 11 is 1.49. The molecule has 1 rings (SSSR count). The van der Waals surface area contributed by atoms with Gasteiger partial charge in [0.15, 0.2) is 0 Å². The second kappa shape index (κ2) is 16.3. The van der Waals surface area contributed by atoms with E-state index in [-0.39, 0.29) is 19.4 Å². The Morgan fingerprint density at radius 1 is 0.811 bits per heavy atom. The van der Waals surface area contributed by atoms with Crippen molar-refractivity contribution in [1.29, 1.82) is 0 Å². The summed E-state index contributed by atoms with van der Waals surface area (Å²) in [6.45, 7) is 4.25. The number of nitrogens with zero attached hydrogens (tertiary/aromatic N) is 1. The molecule has 1 aliphatic heterocycles. The van der Waals surface area contributed by atoms with Crippen LogP contribution in [-0.4, -0.2) is 87.7 Å². The summed E-state index contributed by atoms with van der Waals surface area (Å²) in [5.74, 6) is -2.85. The van der Waals surface area contributed by atoms with E-state index in [2.05, 4.69) is 21.3 Å². The minimum atomic E-state index is -0.979. The summed E-state index contributed by atoms with van der Waals surface area (Å²) in [5, 5.41) is 18.7. The van der Waals surface area contributed by atoms with Crippen molar-refractivity contribution in [3.8, 4) is 0 Å². The van der Waals surface area contributed by atoms with Crippen LogP contribution in [0.4, 0.5) is 0 Å². The van der Waals surface area contributed by atoms with Crippen molar-refractivity contribution >= 4 is 53.2 Å². The lowest BCUT2D eigenvalue weighted by atomic mass is 10.2. The summed E-state index contributed by atoms with van der Waals surface area (Å²) in [4.78, 5) is 83.3. The SMILES string of the molecule is CC(NC(=O)CCN1C(=O)C=CC1=O)C(=O)NC(C)C(=O)NC(C)C(=O)NCSCCCCCC(=O)O. The van der Waals surface area contributed by atoms with E-state index in [9.17, 15) is 33.6 Å². The van der Waals surface area contributed by atoms with Gasteiger partial charge in [-0.05, 0) is 39.4 Å². The van der Waals surface area contributed by atoms with Crippen LogP contribution in [0.25, 0.3) is 0 Å². The van der Waals surface area contributed by atoms with Crippen LogP contribution in [0.3, 0.4) is 0 Å². The van der Waals surface area contributed by atoms with E-state index in [0.717, 1.165) is 35.6 Å². The summed E-state index contributed by atoms with van der Waals surface area (Å²) in [5.41, 5.74) is 0. The van der Waals surface area contributed by atoms with Crippen LogP contribution < -0.4 is 21.3 Å². The second-order valence-electron chi connectivity index (χ2n) is 8.46. The van der Waals surface area contributed by atoms with E-state index in [0.29, 0.717) is 12.3 Å². The smallest absolute Gasteiger partial charge is 0.303 e. The topological polar surface area (TPSA) is 191 Å². The molecule has 1 heterocycles. The van der Waals surface area contributed by atoms with E-state index >= 15 is 0 Å². The third kappa shape index (κ3) is 12.4. The molecule has 0 spiro atoms. The van der Waals surface area contributed by atoms with Crippen molar-refractivity contribution < 1.29 is 38.7 Å². The van der Waals surface area contributed by atoms with Crippen LogP contribution >= 0.6 is 11.8 Å². The molecule has 0 saturated heterocycles. The standard InChI is InChI=1S/C23H35N5O8S/c1-14(21(34)24-13-37-12-6-4-5-7-20(32)33)26-23(36)16(3)27-22(35)15(2)25-17(29)10-11-28-18(30)8-9-19(28)31/h8-9,14-16H,4-7,10-13H2,1-3H3,(H,24,34)(H,25,29)(H,26,36)(H,27,35)(H,32,33). The molecule has 37 heavy (non-hydrogen) atoms. The number of aliphatic carboxylic acids is 1. The number of unbranched alkanes of at least 4 members (excludes halogenated alkanes) is 2. The van der Waals surface area contributed by atoms with Gasteiger partial charge in [0.25, 0.3) is 11.8 Å². The lowest BCUT2D eigenvalue weighted by Gasteiger charge is -2.20. The first-order chi connectivity index (χ1) is 17.4. The number of hydrogen-bond donors (Lipinski definition) is 5. The number of amides is 6. The molecule has 0 aromatic heterocycles. The Hall–Kier alpha value is -3.42. The van der Waals surface area contributed by atoms with Crippen molar-refractivity contribution in [3.63, 3.8) is 0 Å². The Morgan fingerprint density at radius 3 is 1.92 bits per heavy atom. The minimum Gasteiger partial charge on any atom is -0.481 e. The summed E-state index contributed by atoms with van der Waals surface area (Å²) < 4.78 is 0. The van der Waals surface area contributed by atoms with Gasteiger partial charge in [-0.25, -0.2) is 0 Å². The lowest BCUT2D eigenvalue weighted by Crippen LogP contribution is -2.54. The molecule has 13 nitrogen and oxygen atoms in total. The number of thioether (sulfide) groups is 1. The first-order valence-corrected chi connectivity index (χ1v) is 13.1. The van der Waals surface area contributed by atoms with E-state index < -0.39 is 59.5 Å². The molecule has 14 heteroatoms. The number of carboxylic acids is 1. The molecule has 0 fully saturated rings. The number of nitrogens with one attached hydrogen (secondary N) is 4. The van der Waals surface area contributed by atoms with Gasteiger partial charge in [-0.15, -0.1) is 11.8 Å². The molecule has 0 aromatic rings. The van der Waals surface area contributed by atoms with Gasteiger partial charge < -0.3 is 26.4 Å². The number of carbonyl (C=O) groups excluding carboxylic acids is 6. The van der Waals surface area contributed by atoms with Gasteiger partial charge >= 0.3 is 5.97 Å². The monoisotopic (exact) mass is 541 g/mol. The van der Waals surface area contributed by atoms with Crippen LogP contribution in [0.1, 0.15) is 52.9 Å². The molecular formula is C23H35N5O8S. The van der Waals surface area contributed by atoms with Gasteiger partial charge in [0.2, 0.25) is 23.6 Å². The highest BCUT2D eigenvalue weighted by Crippen LogP contribution is 2.07. The average molecular weight is 542 g/mol. The Bertz CT molecular complexity index is 892. The predicted molar refractivity (Wildman–Crippen MR) is 135 cm³/mol. The molecule has 0 bridgehead atoms. The number of carbonyl (C=O) groups is 7. The molecule has 1 aliphatic rings. The largest absolute Gasteiger partial charge is 0.481 e. The van der Waals surface area contributed by atoms with Crippen LogP contribution in [0, 0.1) is 0 Å². The molecule has 0 aromatic carbocycles. The molecule has 206 valence electrons. The molecule has 0 radical (unpaired) electrons. The van der Waals surface area contributed by atoms with Gasteiger partial charge in [0.05, 0.1) is 5.88 Å². The van der Waals surface area contributed by atoms with Crippen LogP contribution in [0.15, 0.2) is 12.2 Å². The zero-order chi connectivity index (χ0) is 28.0. The fourth-order valence-electron chi connectivity index (χ4n) is 3.06. The van der Waals surface area contributed by atoms with Gasteiger partial charge in [-0.1, -0.05) is 6.42 Å². The Balaban J connectivity index is 2.26. The Kier molecular flexibility index (Phi) is 14.0. The van der Waals surface area contributed by atoms with E-state index in [1.807, 2.05) is 0 Å². The first kappa shape index (κ1) is 31.6. The molecular weight excluding hydrogens is 506 g/mol. The predicted octanol–water partition coefficient (Wildman–Crippen LogP) is -0.732. The molecule has 3 atom stereocenters. The number of rotatable bonds is 17. The highest BCUT2D eigenvalue weighted by atomic mass is 32.2. The highest BCUT2D eigenvalue weighted by Gasteiger charge is 2.26. The number of carboxylic acid groups (broad SMARTS) is 1. The lowest BCUT2D eigenvalue weighted by molar-refractivity contribution is -0.138. The third-order valence-electron chi connectivity index (χ3n) is 5.27. The maximum Gasteiger partial charge on any atom is 0.303 e. The summed E-state index contributed by atoms with van der Waals surface area (Å²) in [7, 11) is 0. The Morgan fingerprint density at radius 2 is 1.35 bits per heavy atom. The zero-order valence-electron chi connectivity index (χ0n) is 21.2. The maximum atomic E-state index is 12.4. The Labute approximate surface area is 219 Å². The minimum absolute atomic E-state index is 0.116. The van der Waals surface area contributed by atoms with Crippen molar-refractivity contribution in [1.82, 2.24) is 26.2 Å². The van der Waals surface area contributed by atoms with Crippen molar-refractivity contribution in [2.75, 3.05) is 18.2 Å². The van der Waals surface area contributed by atoms with Crippen molar-refractivity contribution in [2.24, 2.45) is 0 Å². The third-order valence-corrected chi connectivity index (χ3v) is 6.19. The summed E-state index contributed by atoms with van der Waals surface area (Å²) in [6, 6.07) is -2.80. The fourth-order valence-corrected chi connectivity index (χ4v) is 3.85. The van der Waals surface area contributed by atoms with Crippen LogP contribution in [0.5, 0.6) is 0 Å². The van der Waals surface area contributed by atoms with E-state index in [1.165, 1.54) is 32.5 Å². The summed E-state index contributed by atoms with van der Waals surface area (Å²) in [6.07, 6.45) is 4.45. The maximum absolute atomic E-state index is 12.4. The fraction of sp³-hybridized carbons (Fsp3) is 0.609. The second-order valence-corrected chi connectivity index (χ2v) is 9.56. The van der Waals surface area contributed by atoms with Gasteiger partial charge in [0.1, 0.15) is 18.1 Å². The van der Waals surface area contributed by atoms with Crippen molar-refractivity contribution in [3.05, 3.63) is 12.2 Å². The highest BCUT2D eigenvalue weighted by molar-refractivity contribution is 7.99. The normalized spacial score (nSPS) is 15.1. The van der Waals surface area contributed by atoms with E-state index in [1.54, 1.807) is 0 Å². The molecule has 3 unspecified atom stereocenters. The van der Waals surface area contributed by atoms with Crippen LogP contribution in [-0.2, 0) is 33.6 Å². The molecule has 6 amide bonds. The number of hydrogen-bond acceptors (Lipinski definition) is 8. The first-order valence-electron chi connectivity index (χ1n) is 11.9.